The molecule has 0 atom stereocenters. The Bertz CT molecular complexity index is 573. The Balaban J connectivity index is 2.78. The number of carbonyl (C=O) groups is 1. The lowest BCUT2D eigenvalue weighted by Gasteiger charge is -2.08. The van der Waals surface area contributed by atoms with Gasteiger partial charge in [0.25, 0.3) is 5.91 Å². The zero-order valence-corrected chi connectivity index (χ0v) is 12.0. The lowest BCUT2D eigenvalue weighted by Crippen LogP contribution is -2.31. The zero-order valence-electron chi connectivity index (χ0n) is 11.2. The summed E-state index contributed by atoms with van der Waals surface area (Å²) in [7, 11) is -3.59. The number of hydrogen-bond acceptors (Lipinski definition) is 6. The molecule has 0 unspecified atom stereocenters. The molecule has 0 spiro atoms. The van der Waals surface area contributed by atoms with Gasteiger partial charge in [-0.2, -0.15) is 0 Å². The fourth-order valence-corrected chi connectivity index (χ4v) is 1.97. The molecule has 1 rings (SSSR count). The molecular weight excluding hydrogens is 282 g/mol. The third-order valence-corrected chi connectivity index (χ3v) is 3.24. The van der Waals surface area contributed by atoms with Gasteiger partial charge in [-0.3, -0.25) is 4.79 Å². The quantitative estimate of drug-likeness (QED) is 0.389. The van der Waals surface area contributed by atoms with Crippen molar-refractivity contribution in [1.29, 1.82) is 0 Å². The molecule has 0 fully saturated rings. The molecular formula is C11H19N5O3S. The Morgan fingerprint density at radius 3 is 2.65 bits per heavy atom. The van der Waals surface area contributed by atoms with Gasteiger partial charge >= 0.3 is 0 Å². The highest BCUT2D eigenvalue weighted by Gasteiger charge is 2.10. The van der Waals surface area contributed by atoms with Crippen molar-refractivity contribution in [3.05, 3.63) is 23.4 Å². The number of rotatable bonds is 7. The average Bonchev–Trinajstić information content (AvgIpc) is 2.37. The SMILES string of the molecule is CCCc1cc(C(=O)NCCS(N)(=O)=O)cc(NN)n1. The third-order valence-electron chi connectivity index (χ3n) is 2.47. The van der Waals surface area contributed by atoms with Crippen LogP contribution < -0.4 is 21.7 Å². The van der Waals surface area contributed by atoms with Crippen LogP contribution in [-0.2, 0) is 16.4 Å². The molecule has 0 aliphatic rings. The first-order valence-corrected chi connectivity index (χ1v) is 7.83. The first kappa shape index (κ1) is 16.3. The van der Waals surface area contributed by atoms with E-state index < -0.39 is 15.9 Å². The van der Waals surface area contributed by atoms with Gasteiger partial charge in [0.2, 0.25) is 10.0 Å². The fourth-order valence-electron chi connectivity index (χ4n) is 1.59. The van der Waals surface area contributed by atoms with Gasteiger partial charge in [0, 0.05) is 17.8 Å². The normalized spacial score (nSPS) is 11.2. The van der Waals surface area contributed by atoms with E-state index in [4.69, 9.17) is 11.0 Å². The second-order valence-electron chi connectivity index (χ2n) is 4.25. The highest BCUT2D eigenvalue weighted by atomic mass is 32.2. The molecule has 20 heavy (non-hydrogen) atoms. The number of anilines is 1. The summed E-state index contributed by atoms with van der Waals surface area (Å²) in [5, 5.41) is 7.34. The third kappa shape index (κ3) is 5.51. The van der Waals surface area contributed by atoms with Crippen LogP contribution in [0.15, 0.2) is 12.1 Å². The van der Waals surface area contributed by atoms with Crippen molar-refractivity contribution in [2.24, 2.45) is 11.0 Å². The molecule has 112 valence electrons. The molecule has 0 radical (unpaired) electrons. The van der Waals surface area contributed by atoms with Crippen molar-refractivity contribution < 1.29 is 13.2 Å². The number of carbonyl (C=O) groups excluding carboxylic acids is 1. The Kier molecular flexibility index (Phi) is 5.86. The summed E-state index contributed by atoms with van der Waals surface area (Å²) in [6.45, 7) is 1.95. The van der Waals surface area contributed by atoms with Gasteiger partial charge in [-0.05, 0) is 18.6 Å². The highest BCUT2D eigenvalue weighted by Crippen LogP contribution is 2.11. The lowest BCUT2D eigenvalue weighted by molar-refractivity contribution is 0.0956. The molecule has 0 saturated carbocycles. The van der Waals surface area contributed by atoms with E-state index in [0.717, 1.165) is 12.1 Å². The summed E-state index contributed by atoms with van der Waals surface area (Å²) >= 11 is 0. The average molecular weight is 301 g/mol. The molecule has 0 saturated heterocycles. The number of nitrogen functional groups attached to an aromatic ring is 1. The number of sulfonamides is 1. The lowest BCUT2D eigenvalue weighted by atomic mass is 10.1. The minimum absolute atomic E-state index is 0.0471. The number of hydrogen-bond donors (Lipinski definition) is 4. The van der Waals surface area contributed by atoms with Crippen LogP contribution in [0.3, 0.4) is 0 Å². The number of amides is 1. The van der Waals surface area contributed by atoms with Crippen LogP contribution in [0.25, 0.3) is 0 Å². The van der Waals surface area contributed by atoms with E-state index in [2.05, 4.69) is 15.7 Å². The van der Waals surface area contributed by atoms with E-state index in [1.165, 1.54) is 6.07 Å². The number of hydrazine groups is 1. The Morgan fingerprint density at radius 1 is 1.40 bits per heavy atom. The van der Waals surface area contributed by atoms with E-state index in [1.54, 1.807) is 6.07 Å². The van der Waals surface area contributed by atoms with Gasteiger partial charge in [-0.25, -0.2) is 24.4 Å². The van der Waals surface area contributed by atoms with E-state index in [9.17, 15) is 13.2 Å². The smallest absolute Gasteiger partial charge is 0.251 e. The highest BCUT2D eigenvalue weighted by molar-refractivity contribution is 7.89. The largest absolute Gasteiger partial charge is 0.351 e. The Hall–Kier alpha value is -1.71. The van der Waals surface area contributed by atoms with Crippen LogP contribution in [0.4, 0.5) is 5.82 Å². The summed E-state index contributed by atoms with van der Waals surface area (Å²) in [6, 6.07) is 3.14. The standard InChI is InChI=1S/C11H19N5O3S/c1-2-3-9-6-8(7-10(15-9)16-12)11(17)14-4-5-20(13,18)19/h6-7H,2-5,12H2,1H3,(H,14,17)(H,15,16)(H2,13,18,19). The van der Waals surface area contributed by atoms with Crippen molar-refractivity contribution in [3.63, 3.8) is 0 Å². The van der Waals surface area contributed by atoms with Crippen molar-refractivity contribution in [2.45, 2.75) is 19.8 Å². The van der Waals surface area contributed by atoms with Crippen molar-refractivity contribution in [1.82, 2.24) is 10.3 Å². The number of nitrogens with one attached hydrogen (secondary N) is 2. The summed E-state index contributed by atoms with van der Waals surface area (Å²) in [5.41, 5.74) is 3.50. The molecule has 6 N–H and O–H groups in total. The van der Waals surface area contributed by atoms with Crippen molar-refractivity contribution in [3.8, 4) is 0 Å². The van der Waals surface area contributed by atoms with Crippen LogP contribution in [0.2, 0.25) is 0 Å². The monoisotopic (exact) mass is 301 g/mol. The summed E-state index contributed by atoms with van der Waals surface area (Å²) in [4.78, 5) is 16.1. The van der Waals surface area contributed by atoms with Gasteiger partial charge in [0.15, 0.2) is 0 Å². The van der Waals surface area contributed by atoms with Crippen molar-refractivity contribution in [2.75, 3.05) is 17.7 Å². The minimum atomic E-state index is -3.59. The number of nitrogens with two attached hydrogens (primary N) is 2. The first-order chi connectivity index (χ1) is 9.35. The van der Waals surface area contributed by atoms with Gasteiger partial charge in [0.1, 0.15) is 5.82 Å². The van der Waals surface area contributed by atoms with Crippen LogP contribution in [0.1, 0.15) is 29.4 Å². The second kappa shape index (κ2) is 7.17. The van der Waals surface area contributed by atoms with Crippen LogP contribution in [0.5, 0.6) is 0 Å². The molecule has 0 aliphatic carbocycles. The van der Waals surface area contributed by atoms with Gasteiger partial charge in [0.05, 0.1) is 5.75 Å². The predicted octanol–water partition coefficient (Wildman–Crippen LogP) is -0.662. The summed E-state index contributed by atoms with van der Waals surface area (Å²) < 4.78 is 21.6. The molecule has 0 bridgehead atoms. The molecule has 1 amide bonds. The number of nitrogens with zero attached hydrogens (tertiary/aromatic N) is 1. The number of primary sulfonamides is 1. The molecule has 8 nitrogen and oxygen atoms in total. The number of aromatic nitrogens is 1. The predicted molar refractivity (Wildman–Crippen MR) is 76.3 cm³/mol. The second-order valence-corrected chi connectivity index (χ2v) is 5.98. The van der Waals surface area contributed by atoms with Gasteiger partial charge in [-0.15, -0.1) is 0 Å². The Morgan fingerprint density at radius 2 is 2.10 bits per heavy atom. The topological polar surface area (TPSA) is 140 Å². The molecule has 1 heterocycles. The molecule has 1 aromatic rings. The minimum Gasteiger partial charge on any atom is -0.351 e. The van der Waals surface area contributed by atoms with E-state index in [1.807, 2.05) is 6.92 Å². The summed E-state index contributed by atoms with van der Waals surface area (Å²) in [6.07, 6.45) is 1.60. The van der Waals surface area contributed by atoms with E-state index in [-0.39, 0.29) is 12.3 Å². The van der Waals surface area contributed by atoms with E-state index >= 15 is 0 Å². The van der Waals surface area contributed by atoms with Crippen LogP contribution in [0, 0.1) is 0 Å². The Labute approximate surface area is 118 Å². The maximum absolute atomic E-state index is 11.9. The maximum atomic E-state index is 11.9. The summed E-state index contributed by atoms with van der Waals surface area (Å²) in [5.74, 6) is 4.97. The molecule has 0 aromatic carbocycles. The van der Waals surface area contributed by atoms with E-state index in [0.29, 0.717) is 17.8 Å². The molecule has 1 aromatic heterocycles. The fraction of sp³-hybridized carbons (Fsp3) is 0.455. The van der Waals surface area contributed by atoms with Crippen molar-refractivity contribution >= 4 is 21.7 Å². The van der Waals surface area contributed by atoms with Gasteiger partial charge < -0.3 is 10.7 Å². The zero-order chi connectivity index (χ0) is 15.2. The van der Waals surface area contributed by atoms with Gasteiger partial charge in [-0.1, -0.05) is 13.3 Å². The molecule has 0 aliphatic heterocycles. The number of pyridine rings is 1. The first-order valence-electron chi connectivity index (χ1n) is 6.12. The van der Waals surface area contributed by atoms with Crippen LogP contribution in [-0.4, -0.2) is 31.6 Å². The number of aryl methyl sites for hydroxylation is 1. The van der Waals surface area contributed by atoms with Crippen LogP contribution >= 0.6 is 0 Å². The molecule has 9 heteroatoms. The maximum Gasteiger partial charge on any atom is 0.251 e.